The standard InChI is InChI=1S/C13H15NO/c1-2-5-12-11-7-4-3-6-10(11)8-9-14-13(12)15/h3-4,6-9,12H,2,5H2,1H3,(H,14,15). The van der Waals surface area contributed by atoms with E-state index < -0.39 is 0 Å². The van der Waals surface area contributed by atoms with Gasteiger partial charge in [0, 0.05) is 6.20 Å². The lowest BCUT2D eigenvalue weighted by Crippen LogP contribution is -2.23. The molecule has 1 aliphatic rings. The highest BCUT2D eigenvalue weighted by Crippen LogP contribution is 2.27. The summed E-state index contributed by atoms with van der Waals surface area (Å²) in [7, 11) is 0. The quantitative estimate of drug-likeness (QED) is 0.783. The first kappa shape index (κ1) is 9.97. The summed E-state index contributed by atoms with van der Waals surface area (Å²) in [6.07, 6.45) is 5.62. The van der Waals surface area contributed by atoms with Crippen molar-refractivity contribution in [2.24, 2.45) is 0 Å². The van der Waals surface area contributed by atoms with Crippen LogP contribution < -0.4 is 5.32 Å². The van der Waals surface area contributed by atoms with Gasteiger partial charge in [-0.3, -0.25) is 4.79 Å². The van der Waals surface area contributed by atoms with Crippen LogP contribution in [0.25, 0.3) is 6.08 Å². The van der Waals surface area contributed by atoms with E-state index in [2.05, 4.69) is 18.3 Å². The molecule has 1 unspecified atom stereocenters. The van der Waals surface area contributed by atoms with Gasteiger partial charge in [0.25, 0.3) is 0 Å². The fourth-order valence-corrected chi connectivity index (χ4v) is 2.01. The number of carbonyl (C=O) groups is 1. The Bertz CT molecular complexity index is 395. The zero-order chi connectivity index (χ0) is 10.7. The Morgan fingerprint density at radius 1 is 1.33 bits per heavy atom. The van der Waals surface area contributed by atoms with Crippen molar-refractivity contribution in [3.05, 3.63) is 41.6 Å². The van der Waals surface area contributed by atoms with E-state index in [9.17, 15) is 4.79 Å². The summed E-state index contributed by atoms with van der Waals surface area (Å²) in [5, 5.41) is 2.81. The van der Waals surface area contributed by atoms with Gasteiger partial charge in [0.2, 0.25) is 5.91 Å². The van der Waals surface area contributed by atoms with Gasteiger partial charge >= 0.3 is 0 Å². The lowest BCUT2D eigenvalue weighted by molar-refractivity contribution is -0.121. The number of fused-ring (bicyclic) bond motifs is 1. The van der Waals surface area contributed by atoms with Crippen molar-refractivity contribution in [1.29, 1.82) is 0 Å². The molecule has 1 atom stereocenters. The first-order valence-corrected chi connectivity index (χ1v) is 5.38. The maximum Gasteiger partial charge on any atom is 0.231 e. The molecule has 0 fully saturated rings. The molecular formula is C13H15NO. The smallest absolute Gasteiger partial charge is 0.231 e. The molecule has 2 nitrogen and oxygen atoms in total. The molecule has 15 heavy (non-hydrogen) atoms. The van der Waals surface area contributed by atoms with Crippen LogP contribution in [0.5, 0.6) is 0 Å². The van der Waals surface area contributed by atoms with Crippen LogP contribution >= 0.6 is 0 Å². The summed E-state index contributed by atoms with van der Waals surface area (Å²) in [5.41, 5.74) is 2.29. The fraction of sp³-hybridized carbons (Fsp3) is 0.308. The first-order chi connectivity index (χ1) is 7.33. The van der Waals surface area contributed by atoms with Gasteiger partial charge in [-0.2, -0.15) is 0 Å². The van der Waals surface area contributed by atoms with Crippen LogP contribution in [-0.4, -0.2) is 5.91 Å². The van der Waals surface area contributed by atoms with E-state index in [1.165, 1.54) is 0 Å². The van der Waals surface area contributed by atoms with E-state index in [1.807, 2.05) is 24.3 Å². The number of amides is 1. The van der Waals surface area contributed by atoms with E-state index in [4.69, 9.17) is 0 Å². The molecule has 0 aromatic heterocycles. The van der Waals surface area contributed by atoms with Crippen molar-refractivity contribution in [2.75, 3.05) is 0 Å². The van der Waals surface area contributed by atoms with Crippen molar-refractivity contribution < 1.29 is 4.79 Å². The lowest BCUT2D eigenvalue weighted by Gasteiger charge is -2.14. The Labute approximate surface area is 90.0 Å². The van der Waals surface area contributed by atoms with E-state index in [1.54, 1.807) is 6.20 Å². The van der Waals surface area contributed by atoms with Gasteiger partial charge in [-0.1, -0.05) is 37.6 Å². The Morgan fingerprint density at radius 2 is 2.13 bits per heavy atom. The number of rotatable bonds is 2. The molecule has 0 saturated carbocycles. The minimum atomic E-state index is 0.00111. The van der Waals surface area contributed by atoms with Crippen LogP contribution in [0.15, 0.2) is 30.5 Å². The summed E-state index contributed by atoms with van der Waals surface area (Å²) >= 11 is 0. The second-order valence-electron chi connectivity index (χ2n) is 3.81. The molecule has 1 aliphatic heterocycles. The van der Waals surface area contributed by atoms with Gasteiger partial charge in [-0.15, -0.1) is 0 Å². The highest BCUT2D eigenvalue weighted by atomic mass is 16.1. The summed E-state index contributed by atoms with van der Waals surface area (Å²) in [6, 6.07) is 8.09. The second-order valence-corrected chi connectivity index (χ2v) is 3.81. The molecule has 1 aromatic carbocycles. The molecule has 0 aliphatic carbocycles. The van der Waals surface area contributed by atoms with Crippen LogP contribution in [0.1, 0.15) is 36.8 Å². The van der Waals surface area contributed by atoms with Gasteiger partial charge in [-0.25, -0.2) is 0 Å². The molecule has 1 heterocycles. The molecule has 2 rings (SSSR count). The van der Waals surface area contributed by atoms with Crippen LogP contribution in [-0.2, 0) is 4.79 Å². The van der Waals surface area contributed by atoms with Crippen molar-refractivity contribution in [3.8, 4) is 0 Å². The van der Waals surface area contributed by atoms with Crippen LogP contribution in [0.4, 0.5) is 0 Å². The average molecular weight is 201 g/mol. The molecule has 1 amide bonds. The number of hydrogen-bond acceptors (Lipinski definition) is 1. The third-order valence-corrected chi connectivity index (χ3v) is 2.75. The molecule has 2 heteroatoms. The third-order valence-electron chi connectivity index (χ3n) is 2.75. The average Bonchev–Trinajstić information content (AvgIpc) is 2.40. The van der Waals surface area contributed by atoms with Crippen LogP contribution in [0.3, 0.4) is 0 Å². The molecule has 1 N–H and O–H groups in total. The molecule has 0 radical (unpaired) electrons. The first-order valence-electron chi connectivity index (χ1n) is 5.38. The van der Waals surface area contributed by atoms with Gasteiger partial charge in [-0.05, 0) is 23.6 Å². The Balaban J connectivity index is 2.43. The Morgan fingerprint density at radius 3 is 2.93 bits per heavy atom. The van der Waals surface area contributed by atoms with Crippen LogP contribution in [0, 0.1) is 0 Å². The number of benzene rings is 1. The van der Waals surface area contributed by atoms with Gasteiger partial charge in [0.05, 0.1) is 5.92 Å². The maximum absolute atomic E-state index is 11.8. The van der Waals surface area contributed by atoms with E-state index >= 15 is 0 Å². The zero-order valence-corrected chi connectivity index (χ0v) is 8.86. The monoisotopic (exact) mass is 201 g/mol. The van der Waals surface area contributed by atoms with Gasteiger partial charge in [0.15, 0.2) is 0 Å². The van der Waals surface area contributed by atoms with E-state index in [-0.39, 0.29) is 11.8 Å². The molecule has 0 bridgehead atoms. The number of carbonyl (C=O) groups excluding carboxylic acids is 1. The van der Waals surface area contributed by atoms with Crippen molar-refractivity contribution in [2.45, 2.75) is 25.7 Å². The number of nitrogens with one attached hydrogen (secondary N) is 1. The van der Waals surface area contributed by atoms with Gasteiger partial charge in [0.1, 0.15) is 0 Å². The highest BCUT2D eigenvalue weighted by Gasteiger charge is 2.22. The normalized spacial score (nSPS) is 19.3. The number of hydrogen-bond donors (Lipinski definition) is 1. The molecule has 0 spiro atoms. The van der Waals surface area contributed by atoms with E-state index in [0.717, 1.165) is 24.0 Å². The maximum atomic E-state index is 11.8. The van der Waals surface area contributed by atoms with Crippen molar-refractivity contribution in [1.82, 2.24) is 5.32 Å². The van der Waals surface area contributed by atoms with Crippen molar-refractivity contribution in [3.63, 3.8) is 0 Å². The molecule has 0 saturated heterocycles. The minimum Gasteiger partial charge on any atom is -0.332 e. The highest BCUT2D eigenvalue weighted by molar-refractivity contribution is 5.87. The minimum absolute atomic E-state index is 0.00111. The predicted octanol–water partition coefficient (Wildman–Crippen LogP) is 2.67. The molecular weight excluding hydrogens is 186 g/mol. The summed E-state index contributed by atoms with van der Waals surface area (Å²) in [5.74, 6) is 0.110. The SMILES string of the molecule is CCCC1C(=O)NC=Cc2ccccc21. The lowest BCUT2D eigenvalue weighted by atomic mass is 9.90. The van der Waals surface area contributed by atoms with E-state index in [0.29, 0.717) is 0 Å². The molecule has 78 valence electrons. The zero-order valence-electron chi connectivity index (χ0n) is 8.86. The summed E-state index contributed by atoms with van der Waals surface area (Å²) in [4.78, 5) is 11.8. The largest absolute Gasteiger partial charge is 0.332 e. The Hall–Kier alpha value is -1.57. The second kappa shape index (κ2) is 4.30. The fourth-order valence-electron chi connectivity index (χ4n) is 2.01. The van der Waals surface area contributed by atoms with Crippen LogP contribution in [0.2, 0.25) is 0 Å². The summed E-state index contributed by atoms with van der Waals surface area (Å²) < 4.78 is 0. The Kier molecular flexibility index (Phi) is 2.86. The summed E-state index contributed by atoms with van der Waals surface area (Å²) in [6.45, 7) is 2.11. The predicted molar refractivity (Wildman–Crippen MR) is 61.3 cm³/mol. The molecule has 1 aromatic rings. The van der Waals surface area contributed by atoms with Gasteiger partial charge < -0.3 is 5.32 Å². The third kappa shape index (κ3) is 1.94. The topological polar surface area (TPSA) is 29.1 Å². The van der Waals surface area contributed by atoms with Crippen molar-refractivity contribution >= 4 is 12.0 Å².